The maximum atomic E-state index is 6.35. The van der Waals surface area contributed by atoms with Crippen LogP contribution in [0.1, 0.15) is 0 Å². The van der Waals surface area contributed by atoms with Crippen LogP contribution in [-0.2, 0) is 0 Å². The molecule has 7 aromatic carbocycles. The summed E-state index contributed by atoms with van der Waals surface area (Å²) in [6.45, 7) is 0. The molecule has 0 bridgehead atoms. The highest BCUT2D eigenvalue weighted by Gasteiger charge is 2.17. The number of fused-ring (bicyclic) bond motifs is 4. The summed E-state index contributed by atoms with van der Waals surface area (Å²) in [4.78, 5) is 7.13. The third kappa shape index (κ3) is 4.96. The zero-order valence-corrected chi connectivity index (χ0v) is 26.2. The zero-order chi connectivity index (χ0) is 31.2. The first-order valence-electron chi connectivity index (χ1n) is 15.7. The standard InChI is InChI=1S/C43H28N2OS/c1-3-10-29(11-4-1)30-18-22-33(23-19-30)45(35-26-27-38-37-14-7-8-17-40(37)47-41(38)28-35)34-24-20-31(21-25-34)36-15-9-16-39-42(36)46-43(44-39)32-12-5-2-6-13-32/h1-28H. The van der Waals surface area contributed by atoms with Crippen LogP contribution in [0.4, 0.5) is 17.1 Å². The van der Waals surface area contributed by atoms with Crippen LogP contribution in [0.15, 0.2) is 174 Å². The first kappa shape index (κ1) is 27.3. The van der Waals surface area contributed by atoms with Gasteiger partial charge in [-0.3, -0.25) is 0 Å². The Balaban J connectivity index is 1.13. The summed E-state index contributed by atoms with van der Waals surface area (Å²) >= 11 is 1.84. The van der Waals surface area contributed by atoms with Crippen LogP contribution in [0.5, 0.6) is 0 Å². The molecule has 0 saturated carbocycles. The summed E-state index contributed by atoms with van der Waals surface area (Å²) in [6, 6.07) is 59.8. The average molecular weight is 621 g/mol. The van der Waals surface area contributed by atoms with Gasteiger partial charge in [-0.05, 0) is 77.4 Å². The monoisotopic (exact) mass is 620 g/mol. The van der Waals surface area contributed by atoms with Gasteiger partial charge < -0.3 is 9.32 Å². The number of nitrogens with zero attached hydrogens (tertiary/aromatic N) is 2. The number of oxazole rings is 1. The molecule has 0 N–H and O–H groups in total. The van der Waals surface area contributed by atoms with E-state index in [1.807, 2.05) is 53.8 Å². The van der Waals surface area contributed by atoms with Crippen LogP contribution in [0.2, 0.25) is 0 Å². The summed E-state index contributed by atoms with van der Waals surface area (Å²) in [5.74, 6) is 0.631. The molecular formula is C43H28N2OS. The van der Waals surface area contributed by atoms with Gasteiger partial charge in [-0.2, -0.15) is 0 Å². The van der Waals surface area contributed by atoms with Crippen molar-refractivity contribution in [3.8, 4) is 33.7 Å². The molecule has 47 heavy (non-hydrogen) atoms. The maximum Gasteiger partial charge on any atom is 0.227 e. The first-order valence-corrected chi connectivity index (χ1v) is 16.5. The molecule has 9 rings (SSSR count). The van der Waals surface area contributed by atoms with Gasteiger partial charge in [0.1, 0.15) is 5.52 Å². The fraction of sp³-hybridized carbons (Fsp3) is 0. The minimum atomic E-state index is 0.631. The third-order valence-corrected chi connectivity index (χ3v) is 9.86. The van der Waals surface area contributed by atoms with Crippen LogP contribution in [0.3, 0.4) is 0 Å². The maximum absolute atomic E-state index is 6.35. The largest absolute Gasteiger partial charge is 0.435 e. The molecule has 3 nitrogen and oxygen atoms in total. The second-order valence-electron chi connectivity index (χ2n) is 11.6. The van der Waals surface area contributed by atoms with E-state index in [1.54, 1.807) is 0 Å². The number of hydrogen-bond acceptors (Lipinski definition) is 4. The minimum absolute atomic E-state index is 0.631. The van der Waals surface area contributed by atoms with Gasteiger partial charge in [-0.1, -0.05) is 109 Å². The van der Waals surface area contributed by atoms with Gasteiger partial charge in [0.2, 0.25) is 5.89 Å². The Kier molecular flexibility index (Phi) is 6.65. The first-order chi connectivity index (χ1) is 23.3. The molecule has 0 saturated heterocycles. The van der Waals surface area contributed by atoms with Crippen molar-refractivity contribution in [3.63, 3.8) is 0 Å². The Morgan fingerprint density at radius 1 is 0.447 bits per heavy atom. The van der Waals surface area contributed by atoms with Crippen molar-refractivity contribution in [1.82, 2.24) is 4.98 Å². The fourth-order valence-corrected chi connectivity index (χ4v) is 7.54. The summed E-state index contributed by atoms with van der Waals surface area (Å²) in [5, 5.41) is 2.60. The Morgan fingerprint density at radius 3 is 1.79 bits per heavy atom. The van der Waals surface area contributed by atoms with Gasteiger partial charge in [-0.25, -0.2) is 4.98 Å². The number of anilines is 3. The summed E-state index contributed by atoms with van der Waals surface area (Å²) in [5.41, 5.74) is 10.4. The number of hydrogen-bond donors (Lipinski definition) is 0. The second kappa shape index (κ2) is 11.4. The third-order valence-electron chi connectivity index (χ3n) is 8.73. The molecule has 0 radical (unpaired) electrons. The number of aromatic nitrogens is 1. The van der Waals surface area contributed by atoms with Crippen molar-refractivity contribution in [3.05, 3.63) is 170 Å². The lowest BCUT2D eigenvalue weighted by Crippen LogP contribution is -2.09. The molecule has 4 heteroatoms. The summed E-state index contributed by atoms with van der Waals surface area (Å²) in [6.07, 6.45) is 0. The predicted molar refractivity (Wildman–Crippen MR) is 198 cm³/mol. The molecule has 0 aliphatic heterocycles. The normalized spacial score (nSPS) is 11.4. The highest BCUT2D eigenvalue weighted by atomic mass is 32.1. The van der Waals surface area contributed by atoms with E-state index < -0.39 is 0 Å². The lowest BCUT2D eigenvalue weighted by molar-refractivity contribution is 0.621. The van der Waals surface area contributed by atoms with E-state index in [0.717, 1.165) is 44.9 Å². The summed E-state index contributed by atoms with van der Waals surface area (Å²) < 4.78 is 8.93. The van der Waals surface area contributed by atoms with E-state index >= 15 is 0 Å². The lowest BCUT2D eigenvalue weighted by Gasteiger charge is -2.26. The molecule has 2 heterocycles. The zero-order valence-electron chi connectivity index (χ0n) is 25.4. The Bertz CT molecular complexity index is 2500. The molecule has 0 spiro atoms. The second-order valence-corrected chi connectivity index (χ2v) is 12.7. The van der Waals surface area contributed by atoms with Crippen LogP contribution in [0.25, 0.3) is 65.0 Å². The molecule has 0 fully saturated rings. The molecule has 2 aromatic heterocycles. The van der Waals surface area contributed by atoms with Gasteiger partial charge in [-0.15, -0.1) is 11.3 Å². The Hall–Kier alpha value is -5.97. The highest BCUT2D eigenvalue weighted by Crippen LogP contribution is 2.42. The molecular weight excluding hydrogens is 593 g/mol. The van der Waals surface area contributed by atoms with Gasteiger partial charge in [0.15, 0.2) is 5.58 Å². The van der Waals surface area contributed by atoms with E-state index in [4.69, 9.17) is 9.40 Å². The topological polar surface area (TPSA) is 29.3 Å². The Labute approximate surface area is 276 Å². The van der Waals surface area contributed by atoms with E-state index in [1.165, 1.54) is 31.3 Å². The summed E-state index contributed by atoms with van der Waals surface area (Å²) in [7, 11) is 0. The predicted octanol–water partition coefficient (Wildman–Crippen LogP) is 12.7. The number of rotatable bonds is 6. The van der Waals surface area contributed by atoms with Crippen molar-refractivity contribution >= 4 is 59.7 Å². The molecule has 9 aromatic rings. The fourth-order valence-electron chi connectivity index (χ4n) is 6.41. The van der Waals surface area contributed by atoms with E-state index in [0.29, 0.717) is 5.89 Å². The smallest absolute Gasteiger partial charge is 0.227 e. The molecule has 0 aliphatic carbocycles. The van der Waals surface area contributed by atoms with Crippen molar-refractivity contribution in [2.24, 2.45) is 0 Å². The van der Waals surface area contributed by atoms with E-state index in [-0.39, 0.29) is 0 Å². The van der Waals surface area contributed by atoms with E-state index in [9.17, 15) is 0 Å². The average Bonchev–Trinajstić information content (AvgIpc) is 3.75. The van der Waals surface area contributed by atoms with Crippen LogP contribution < -0.4 is 4.90 Å². The Morgan fingerprint density at radius 2 is 1.04 bits per heavy atom. The minimum Gasteiger partial charge on any atom is -0.435 e. The quantitative estimate of drug-likeness (QED) is 0.185. The number of para-hydroxylation sites is 1. The molecule has 0 amide bonds. The molecule has 0 unspecified atom stereocenters. The van der Waals surface area contributed by atoms with Crippen molar-refractivity contribution in [1.29, 1.82) is 0 Å². The molecule has 222 valence electrons. The molecule has 0 aliphatic rings. The van der Waals surface area contributed by atoms with E-state index in [2.05, 4.69) is 132 Å². The van der Waals surface area contributed by atoms with Crippen LogP contribution in [-0.4, -0.2) is 4.98 Å². The SMILES string of the molecule is c1ccc(-c2ccc(N(c3ccc(-c4cccc5nc(-c6ccccc6)oc45)cc3)c3ccc4c(c3)sc3ccccc34)cc2)cc1. The van der Waals surface area contributed by atoms with Crippen LogP contribution in [0, 0.1) is 0 Å². The lowest BCUT2D eigenvalue weighted by atomic mass is 10.0. The van der Waals surface area contributed by atoms with Crippen molar-refractivity contribution < 1.29 is 4.42 Å². The van der Waals surface area contributed by atoms with Crippen LogP contribution >= 0.6 is 11.3 Å². The van der Waals surface area contributed by atoms with Gasteiger partial charge in [0.05, 0.1) is 0 Å². The molecule has 0 atom stereocenters. The highest BCUT2D eigenvalue weighted by molar-refractivity contribution is 7.25. The number of thiophene rings is 1. The van der Waals surface area contributed by atoms with Gasteiger partial charge in [0, 0.05) is 48.4 Å². The van der Waals surface area contributed by atoms with Crippen molar-refractivity contribution in [2.75, 3.05) is 4.90 Å². The van der Waals surface area contributed by atoms with Crippen molar-refractivity contribution in [2.45, 2.75) is 0 Å². The van der Waals surface area contributed by atoms with Gasteiger partial charge >= 0.3 is 0 Å². The van der Waals surface area contributed by atoms with Gasteiger partial charge in [0.25, 0.3) is 0 Å². The number of benzene rings is 7.